The molecule has 0 saturated heterocycles. The first-order valence-electron chi connectivity index (χ1n) is 5.81. The third-order valence-corrected chi connectivity index (χ3v) is 2.78. The van der Waals surface area contributed by atoms with E-state index in [0.29, 0.717) is 11.5 Å². The minimum Gasteiger partial charge on any atom is -0.292 e. The largest absolute Gasteiger partial charge is 0.292 e. The quantitative estimate of drug-likeness (QED) is 0.792. The van der Waals surface area contributed by atoms with Crippen LogP contribution in [0.2, 0.25) is 0 Å². The van der Waals surface area contributed by atoms with Gasteiger partial charge in [0.05, 0.1) is 6.54 Å². The zero-order valence-corrected chi connectivity index (χ0v) is 10.7. The van der Waals surface area contributed by atoms with E-state index in [2.05, 4.69) is 4.98 Å². The van der Waals surface area contributed by atoms with E-state index in [0.717, 1.165) is 6.07 Å². The second-order valence-electron chi connectivity index (χ2n) is 4.30. The Morgan fingerprint density at radius 2 is 2.05 bits per heavy atom. The Bertz CT molecular complexity index is 692. The molecule has 0 atom stereocenters. The molecule has 0 saturated carbocycles. The molecule has 0 N–H and O–H groups in total. The highest BCUT2D eigenvalue weighted by molar-refractivity contribution is 5.95. The van der Waals surface area contributed by atoms with E-state index in [4.69, 9.17) is 0 Å². The summed E-state index contributed by atoms with van der Waals surface area (Å²) in [7, 11) is 0. The summed E-state index contributed by atoms with van der Waals surface area (Å²) in [6, 6.07) is 6.77. The summed E-state index contributed by atoms with van der Waals surface area (Å²) in [5, 5.41) is 0. The van der Waals surface area contributed by atoms with E-state index in [-0.39, 0.29) is 23.5 Å². The maximum absolute atomic E-state index is 13.0. The van der Waals surface area contributed by atoms with Gasteiger partial charge < -0.3 is 0 Å². The third-order valence-electron chi connectivity index (χ3n) is 2.78. The Morgan fingerprint density at radius 1 is 1.32 bits per heavy atom. The smallest absolute Gasteiger partial charge is 0.254 e. The van der Waals surface area contributed by atoms with Crippen LogP contribution < -0.4 is 5.56 Å². The van der Waals surface area contributed by atoms with Crippen LogP contribution in [0.3, 0.4) is 0 Å². The molecule has 4 nitrogen and oxygen atoms in total. The standard InChI is InChI=1S/C14H13FN2O2/c1-9-6-14(19)17(10(2)16-9)8-13(18)11-4-3-5-12(15)7-11/h3-7H,8H2,1-2H3. The van der Waals surface area contributed by atoms with Crippen molar-refractivity contribution in [3.63, 3.8) is 0 Å². The predicted molar refractivity (Wildman–Crippen MR) is 68.7 cm³/mol. The summed E-state index contributed by atoms with van der Waals surface area (Å²) in [4.78, 5) is 27.9. The number of aryl methyl sites for hydroxylation is 2. The molecule has 0 amide bonds. The van der Waals surface area contributed by atoms with Gasteiger partial charge in [0.1, 0.15) is 11.6 Å². The Hall–Kier alpha value is -2.30. The van der Waals surface area contributed by atoms with Gasteiger partial charge in [-0.2, -0.15) is 0 Å². The van der Waals surface area contributed by atoms with Gasteiger partial charge in [-0.1, -0.05) is 12.1 Å². The van der Waals surface area contributed by atoms with E-state index >= 15 is 0 Å². The van der Waals surface area contributed by atoms with Gasteiger partial charge >= 0.3 is 0 Å². The number of hydrogen-bond acceptors (Lipinski definition) is 3. The number of rotatable bonds is 3. The van der Waals surface area contributed by atoms with Crippen LogP contribution in [0.25, 0.3) is 0 Å². The molecule has 1 aromatic carbocycles. The van der Waals surface area contributed by atoms with E-state index < -0.39 is 5.82 Å². The monoisotopic (exact) mass is 260 g/mol. The van der Waals surface area contributed by atoms with Gasteiger partial charge in [0.25, 0.3) is 5.56 Å². The highest BCUT2D eigenvalue weighted by Gasteiger charge is 2.11. The maximum atomic E-state index is 13.0. The van der Waals surface area contributed by atoms with Crippen molar-refractivity contribution in [1.29, 1.82) is 0 Å². The Kier molecular flexibility index (Phi) is 3.55. The summed E-state index contributed by atoms with van der Waals surface area (Å²) in [5.41, 5.74) is 0.568. The van der Waals surface area contributed by atoms with Crippen molar-refractivity contribution in [1.82, 2.24) is 9.55 Å². The molecule has 5 heteroatoms. The van der Waals surface area contributed by atoms with Crippen LogP contribution in [-0.4, -0.2) is 15.3 Å². The summed E-state index contributed by atoms with van der Waals surface area (Å²) < 4.78 is 14.3. The number of aromatic nitrogens is 2. The molecule has 98 valence electrons. The lowest BCUT2D eigenvalue weighted by Crippen LogP contribution is -2.27. The molecule has 0 spiro atoms. The van der Waals surface area contributed by atoms with Crippen LogP contribution in [-0.2, 0) is 6.54 Å². The zero-order valence-electron chi connectivity index (χ0n) is 10.7. The fourth-order valence-electron chi connectivity index (χ4n) is 1.85. The average Bonchev–Trinajstić information content (AvgIpc) is 2.33. The summed E-state index contributed by atoms with van der Waals surface area (Å²) in [5.74, 6) is -0.331. The van der Waals surface area contributed by atoms with Gasteiger partial charge in [0.15, 0.2) is 5.78 Å². The summed E-state index contributed by atoms with van der Waals surface area (Å²) in [6.45, 7) is 3.24. The van der Waals surface area contributed by atoms with E-state index in [1.54, 1.807) is 13.8 Å². The highest BCUT2D eigenvalue weighted by atomic mass is 19.1. The predicted octanol–water partition coefficient (Wildman–Crippen LogP) is 1.88. The zero-order chi connectivity index (χ0) is 14.0. The first-order valence-corrected chi connectivity index (χ1v) is 5.81. The van der Waals surface area contributed by atoms with E-state index in [1.807, 2.05) is 0 Å². The number of benzene rings is 1. The van der Waals surface area contributed by atoms with Crippen LogP contribution in [0, 0.1) is 19.7 Å². The van der Waals surface area contributed by atoms with Crippen LogP contribution in [0.1, 0.15) is 21.9 Å². The molecule has 0 radical (unpaired) electrons. The first-order chi connectivity index (χ1) is 8.97. The van der Waals surface area contributed by atoms with Gasteiger partial charge in [-0.25, -0.2) is 9.37 Å². The van der Waals surface area contributed by atoms with Gasteiger partial charge in [-0.3, -0.25) is 14.2 Å². The molecule has 0 aliphatic carbocycles. The molecule has 1 heterocycles. The third kappa shape index (κ3) is 2.93. The lowest BCUT2D eigenvalue weighted by Gasteiger charge is -2.08. The first kappa shape index (κ1) is 13.1. The molecule has 19 heavy (non-hydrogen) atoms. The number of carbonyl (C=O) groups excluding carboxylic acids is 1. The summed E-state index contributed by atoms with van der Waals surface area (Å²) in [6.07, 6.45) is 0. The van der Waals surface area contributed by atoms with Crippen molar-refractivity contribution in [2.75, 3.05) is 0 Å². The molecule has 0 bridgehead atoms. The van der Waals surface area contributed by atoms with Crippen molar-refractivity contribution in [3.8, 4) is 0 Å². The molecule has 0 fully saturated rings. The number of carbonyl (C=O) groups is 1. The lowest BCUT2D eigenvalue weighted by molar-refractivity contribution is 0.0969. The Morgan fingerprint density at radius 3 is 2.68 bits per heavy atom. The maximum Gasteiger partial charge on any atom is 0.254 e. The van der Waals surface area contributed by atoms with Crippen molar-refractivity contribution >= 4 is 5.78 Å². The lowest BCUT2D eigenvalue weighted by atomic mass is 10.1. The number of nitrogens with zero attached hydrogens (tertiary/aromatic N) is 2. The van der Waals surface area contributed by atoms with E-state index in [9.17, 15) is 14.0 Å². The van der Waals surface area contributed by atoms with Gasteiger partial charge in [-0.05, 0) is 26.0 Å². The average molecular weight is 260 g/mol. The molecule has 0 unspecified atom stereocenters. The molecule has 2 aromatic rings. The number of Topliss-reactive ketones (excluding diaryl/α,β-unsaturated/α-hetero) is 1. The normalized spacial score (nSPS) is 10.5. The number of halogens is 1. The van der Waals surface area contributed by atoms with Crippen LogP contribution in [0.5, 0.6) is 0 Å². The molecule has 0 aliphatic heterocycles. The highest BCUT2D eigenvalue weighted by Crippen LogP contribution is 2.06. The second kappa shape index (κ2) is 5.14. The van der Waals surface area contributed by atoms with Crippen LogP contribution >= 0.6 is 0 Å². The van der Waals surface area contributed by atoms with Crippen molar-refractivity contribution < 1.29 is 9.18 Å². The SMILES string of the molecule is Cc1cc(=O)n(CC(=O)c2cccc(F)c2)c(C)n1. The van der Waals surface area contributed by atoms with Gasteiger partial charge in [0.2, 0.25) is 0 Å². The van der Waals surface area contributed by atoms with Gasteiger partial charge in [0, 0.05) is 17.3 Å². The Balaban J connectivity index is 2.32. The van der Waals surface area contributed by atoms with Crippen LogP contribution in [0.4, 0.5) is 4.39 Å². The topological polar surface area (TPSA) is 52.0 Å². The molecular weight excluding hydrogens is 247 g/mol. The van der Waals surface area contributed by atoms with Gasteiger partial charge in [-0.15, -0.1) is 0 Å². The van der Waals surface area contributed by atoms with Crippen molar-refractivity contribution in [3.05, 3.63) is 63.6 Å². The van der Waals surface area contributed by atoms with Crippen LogP contribution in [0.15, 0.2) is 35.1 Å². The molecule has 1 aromatic heterocycles. The summed E-state index contributed by atoms with van der Waals surface area (Å²) >= 11 is 0. The minimum atomic E-state index is -0.475. The second-order valence-corrected chi connectivity index (χ2v) is 4.30. The molecule has 0 aliphatic rings. The molecular formula is C14H13FN2O2. The minimum absolute atomic E-state index is 0.138. The van der Waals surface area contributed by atoms with E-state index in [1.165, 1.54) is 28.8 Å². The number of ketones is 1. The number of hydrogen-bond donors (Lipinski definition) is 0. The van der Waals surface area contributed by atoms with Crippen molar-refractivity contribution in [2.45, 2.75) is 20.4 Å². The molecule has 2 rings (SSSR count). The van der Waals surface area contributed by atoms with Crippen molar-refractivity contribution in [2.24, 2.45) is 0 Å². The Labute approximate surface area is 109 Å². The fraction of sp³-hybridized carbons (Fsp3) is 0.214. The fourth-order valence-corrected chi connectivity index (χ4v) is 1.85.